The van der Waals surface area contributed by atoms with Crippen LogP contribution in [0.5, 0.6) is 0 Å². The predicted octanol–water partition coefficient (Wildman–Crippen LogP) is 6.59. The smallest absolute Gasteiger partial charge is 0.342 e. The molecule has 0 radical (unpaired) electrons. The summed E-state index contributed by atoms with van der Waals surface area (Å²) in [6.45, 7) is 2.03. The number of hydrogen-bond acceptors (Lipinski definition) is 3. The highest BCUT2D eigenvalue weighted by Crippen LogP contribution is 2.29. The lowest BCUT2D eigenvalue weighted by atomic mass is 10.1. The summed E-state index contributed by atoms with van der Waals surface area (Å²) in [5.74, 6) is -0.546. The molecule has 0 N–H and O–H groups in total. The molecule has 0 spiro atoms. The van der Waals surface area contributed by atoms with Crippen molar-refractivity contribution in [3.05, 3.63) is 35.4 Å². The van der Waals surface area contributed by atoms with Crippen LogP contribution in [0.3, 0.4) is 0 Å². The number of alkyl halides is 2. The fourth-order valence-corrected chi connectivity index (χ4v) is 3.04. The van der Waals surface area contributed by atoms with Gasteiger partial charge in [0.05, 0.1) is 17.9 Å². The number of rotatable bonds is 12. The Morgan fingerprint density at radius 1 is 1.04 bits per heavy atom. The van der Waals surface area contributed by atoms with Crippen LogP contribution in [0.15, 0.2) is 30.3 Å². The van der Waals surface area contributed by atoms with Gasteiger partial charge in [-0.3, -0.25) is 0 Å². The maximum atomic E-state index is 11.4. The summed E-state index contributed by atoms with van der Waals surface area (Å²) in [7, 11) is 0. The molecule has 0 atom stereocenters. The zero-order valence-electron chi connectivity index (χ0n) is 15.8. The molecule has 0 saturated carbocycles. The second-order valence-electron chi connectivity index (χ2n) is 6.00. The Labute approximate surface area is 181 Å². The SMILES string of the molecule is CCOC(=O)C(Cl)(Cl)CCCCCCCCCC=S=O.Clc1ccccc1. The Hall–Kier alpha value is -0.550. The van der Waals surface area contributed by atoms with E-state index in [9.17, 15) is 9.00 Å². The van der Waals surface area contributed by atoms with Crippen molar-refractivity contribution in [2.45, 2.75) is 69.0 Å². The van der Waals surface area contributed by atoms with Crippen molar-refractivity contribution in [2.75, 3.05) is 6.61 Å². The number of esters is 1. The molecular weight excluding hydrogens is 427 g/mol. The van der Waals surface area contributed by atoms with Crippen LogP contribution in [-0.4, -0.2) is 26.5 Å². The van der Waals surface area contributed by atoms with E-state index in [4.69, 9.17) is 39.5 Å². The van der Waals surface area contributed by atoms with Crippen LogP contribution in [-0.2, 0) is 20.8 Å². The first kappa shape index (κ1) is 26.4. The average molecular weight is 456 g/mol. The molecule has 0 fully saturated rings. The predicted molar refractivity (Wildman–Crippen MR) is 118 cm³/mol. The van der Waals surface area contributed by atoms with Gasteiger partial charge in [-0.25, -0.2) is 9.00 Å². The molecule has 3 nitrogen and oxygen atoms in total. The summed E-state index contributed by atoms with van der Waals surface area (Å²) >= 11 is 18.0. The topological polar surface area (TPSA) is 43.4 Å². The molecule has 0 saturated heterocycles. The van der Waals surface area contributed by atoms with Crippen LogP contribution in [0.1, 0.15) is 64.7 Å². The van der Waals surface area contributed by atoms with E-state index in [1.165, 1.54) is 12.8 Å². The fourth-order valence-electron chi connectivity index (χ4n) is 2.26. The van der Waals surface area contributed by atoms with Gasteiger partial charge in [0, 0.05) is 10.4 Å². The lowest BCUT2D eigenvalue weighted by Gasteiger charge is -2.17. The van der Waals surface area contributed by atoms with Gasteiger partial charge in [-0.15, -0.1) is 0 Å². The molecular formula is C20H29Cl3O3S. The number of carbonyl (C=O) groups excluding carboxylic acids is 1. The molecule has 0 heterocycles. The third-order valence-corrected chi connectivity index (χ3v) is 5.00. The number of ether oxygens (including phenoxy) is 1. The first-order valence-corrected chi connectivity index (χ1v) is 11.2. The molecule has 1 aromatic rings. The Morgan fingerprint density at radius 3 is 2.07 bits per heavy atom. The molecule has 0 aliphatic rings. The Balaban J connectivity index is 0.000000797. The molecule has 1 aromatic carbocycles. The molecule has 0 bridgehead atoms. The van der Waals surface area contributed by atoms with E-state index in [0.29, 0.717) is 24.3 Å². The lowest BCUT2D eigenvalue weighted by molar-refractivity contribution is -0.144. The van der Waals surface area contributed by atoms with Crippen LogP contribution >= 0.6 is 34.8 Å². The third kappa shape index (κ3) is 16.1. The van der Waals surface area contributed by atoms with Crippen molar-refractivity contribution in [2.24, 2.45) is 0 Å². The van der Waals surface area contributed by atoms with E-state index in [1.54, 1.807) is 12.3 Å². The quantitative estimate of drug-likeness (QED) is 0.154. The Bertz CT molecular complexity index is 547. The van der Waals surface area contributed by atoms with E-state index in [1.807, 2.05) is 30.3 Å². The zero-order valence-corrected chi connectivity index (χ0v) is 18.9. The summed E-state index contributed by atoms with van der Waals surface area (Å²) in [5.41, 5.74) is 0. The summed E-state index contributed by atoms with van der Waals surface area (Å²) < 4.78 is 13.5. The normalized spacial score (nSPS) is 10.5. The summed E-state index contributed by atoms with van der Waals surface area (Å²) in [5, 5.41) is 2.50. The molecule has 1 rings (SSSR count). The van der Waals surface area contributed by atoms with Gasteiger partial charge < -0.3 is 4.74 Å². The standard InChI is InChI=1S/C14H24Cl2O3S.C6H5Cl/c1-2-19-13(17)14(15,16)11-9-7-5-3-4-6-8-10-12-20-18;7-6-4-2-1-3-5-6/h12H,2-11H2,1H3;1-5H. The van der Waals surface area contributed by atoms with Crippen molar-refractivity contribution >= 4 is 57.4 Å². The van der Waals surface area contributed by atoms with E-state index in [2.05, 4.69) is 0 Å². The molecule has 0 amide bonds. The van der Waals surface area contributed by atoms with Gasteiger partial charge >= 0.3 is 5.97 Å². The largest absolute Gasteiger partial charge is 0.464 e. The molecule has 0 aromatic heterocycles. The van der Waals surface area contributed by atoms with Gasteiger partial charge in [-0.2, -0.15) is 0 Å². The van der Waals surface area contributed by atoms with E-state index >= 15 is 0 Å². The lowest BCUT2D eigenvalue weighted by Crippen LogP contribution is -2.28. The minimum absolute atomic E-state index is 0.294. The third-order valence-electron chi connectivity index (χ3n) is 3.69. The second kappa shape index (κ2) is 17.5. The van der Waals surface area contributed by atoms with Crippen LogP contribution < -0.4 is 0 Å². The van der Waals surface area contributed by atoms with Crippen molar-refractivity contribution < 1.29 is 13.7 Å². The molecule has 7 heteroatoms. The number of halogens is 3. The van der Waals surface area contributed by atoms with Crippen molar-refractivity contribution in [1.82, 2.24) is 0 Å². The van der Waals surface area contributed by atoms with Crippen LogP contribution in [0, 0.1) is 0 Å². The molecule has 27 heavy (non-hydrogen) atoms. The second-order valence-corrected chi connectivity index (χ2v) is 8.44. The van der Waals surface area contributed by atoms with Gasteiger partial charge in [0.25, 0.3) is 0 Å². The highest BCUT2D eigenvalue weighted by molar-refractivity contribution is 7.64. The van der Waals surface area contributed by atoms with Crippen molar-refractivity contribution in [3.63, 3.8) is 0 Å². The highest BCUT2D eigenvalue weighted by Gasteiger charge is 2.34. The van der Waals surface area contributed by atoms with Gasteiger partial charge in [-0.1, -0.05) is 85.1 Å². The van der Waals surface area contributed by atoms with E-state index < -0.39 is 10.3 Å². The number of hydrogen-bond donors (Lipinski definition) is 0. The first-order chi connectivity index (χ1) is 12.9. The van der Waals surface area contributed by atoms with E-state index in [-0.39, 0.29) is 0 Å². The number of benzene rings is 1. The maximum absolute atomic E-state index is 11.4. The molecule has 0 aliphatic heterocycles. The van der Waals surface area contributed by atoms with Gasteiger partial charge in [0.1, 0.15) is 0 Å². The van der Waals surface area contributed by atoms with Crippen LogP contribution in [0.4, 0.5) is 0 Å². The van der Waals surface area contributed by atoms with Crippen molar-refractivity contribution in [3.8, 4) is 0 Å². The monoisotopic (exact) mass is 454 g/mol. The summed E-state index contributed by atoms with van der Waals surface area (Å²) in [4.78, 5) is 11.4. The molecule has 0 aliphatic carbocycles. The zero-order chi connectivity index (χ0) is 20.4. The van der Waals surface area contributed by atoms with Crippen LogP contribution in [0.2, 0.25) is 5.02 Å². The van der Waals surface area contributed by atoms with Gasteiger partial charge in [0.15, 0.2) is 0 Å². The maximum Gasteiger partial charge on any atom is 0.342 e. The summed E-state index contributed by atoms with van der Waals surface area (Å²) in [6, 6.07) is 9.44. The Kier molecular flexibility index (Phi) is 17.2. The molecule has 0 unspecified atom stereocenters. The fraction of sp³-hybridized carbons (Fsp3) is 0.600. The molecule has 154 valence electrons. The summed E-state index contributed by atoms with van der Waals surface area (Å²) in [6.07, 6.45) is 8.89. The highest BCUT2D eigenvalue weighted by atomic mass is 35.5. The number of unbranched alkanes of at least 4 members (excludes halogenated alkanes) is 7. The van der Waals surface area contributed by atoms with Gasteiger partial charge in [0.2, 0.25) is 4.33 Å². The number of carbonyl (C=O) groups is 1. The van der Waals surface area contributed by atoms with E-state index in [0.717, 1.165) is 43.5 Å². The average Bonchev–Trinajstić information content (AvgIpc) is 2.64. The first-order valence-electron chi connectivity index (χ1n) is 9.30. The van der Waals surface area contributed by atoms with Crippen LogP contribution in [0.25, 0.3) is 0 Å². The minimum atomic E-state index is -1.40. The van der Waals surface area contributed by atoms with Crippen molar-refractivity contribution in [1.29, 1.82) is 0 Å². The van der Waals surface area contributed by atoms with Gasteiger partial charge in [-0.05, 0) is 44.7 Å². The Morgan fingerprint density at radius 2 is 1.59 bits per heavy atom. The minimum Gasteiger partial charge on any atom is -0.464 e.